The molecule has 9 atom stereocenters. The summed E-state index contributed by atoms with van der Waals surface area (Å²) < 4.78 is 11.6. The number of aliphatic hydroxyl groups excluding tert-OH is 3. The Hall–Kier alpha value is -2.18. The normalized spacial score (nSPS) is 42.9. The van der Waals surface area contributed by atoms with Gasteiger partial charge in [-0.15, -0.1) is 0 Å². The number of esters is 1. The molecule has 0 aromatic heterocycles. The number of rotatable bonds is 5. The van der Waals surface area contributed by atoms with Crippen LogP contribution in [0.5, 0.6) is 0 Å². The van der Waals surface area contributed by atoms with Crippen molar-refractivity contribution >= 4 is 11.8 Å². The van der Waals surface area contributed by atoms with Gasteiger partial charge in [0.15, 0.2) is 11.4 Å². The smallest absolute Gasteiger partial charge is 0.303 e. The van der Waals surface area contributed by atoms with Crippen molar-refractivity contribution in [2.75, 3.05) is 6.61 Å². The average Bonchev–Trinajstić information content (AvgIpc) is 2.86. The molecule has 0 amide bonds. The third-order valence-corrected chi connectivity index (χ3v) is 9.94. The van der Waals surface area contributed by atoms with Crippen molar-refractivity contribution in [1.82, 2.24) is 0 Å². The molecule has 1 aromatic carbocycles. The van der Waals surface area contributed by atoms with Gasteiger partial charge in [0.2, 0.25) is 0 Å². The molecule has 1 heterocycles. The fraction of sp³-hybridized carbons (Fsp3) is 0.655. The van der Waals surface area contributed by atoms with E-state index >= 15 is 0 Å². The van der Waals surface area contributed by atoms with Gasteiger partial charge in [-0.25, -0.2) is 9.78 Å². The molecule has 0 radical (unpaired) electrons. The molecule has 5 rings (SSSR count). The summed E-state index contributed by atoms with van der Waals surface area (Å²) in [5.41, 5.74) is -5.10. The Morgan fingerprint density at radius 3 is 2.38 bits per heavy atom. The van der Waals surface area contributed by atoms with Crippen molar-refractivity contribution in [3.63, 3.8) is 0 Å². The van der Waals surface area contributed by atoms with Crippen molar-refractivity contribution in [3.8, 4) is 0 Å². The monoisotopic (exact) mass is 546 g/mol. The van der Waals surface area contributed by atoms with Crippen LogP contribution in [0.1, 0.15) is 53.0 Å². The van der Waals surface area contributed by atoms with E-state index in [0.717, 1.165) is 5.56 Å². The molecular weight excluding hydrogens is 508 g/mol. The van der Waals surface area contributed by atoms with Crippen LogP contribution in [0.2, 0.25) is 0 Å². The number of ketones is 1. The lowest BCUT2D eigenvalue weighted by Crippen LogP contribution is -2.81. The van der Waals surface area contributed by atoms with E-state index in [9.17, 15) is 30.0 Å². The summed E-state index contributed by atoms with van der Waals surface area (Å²) in [6.45, 7) is 7.61. The maximum atomic E-state index is 14.3. The SMILES string of the molecule is CC(=O)O[C@@]12CO[C@@H]1C[C@H](O)[C@@]1(C)C(=O)[C@H](O)C3=C(C)[C@@H](O)C[C@@](O)([C@@H](OOCc4ccccc4)[C@H]21)C3(C)C. The third-order valence-electron chi connectivity index (χ3n) is 9.94. The van der Waals surface area contributed by atoms with Gasteiger partial charge in [-0.05, 0) is 30.6 Å². The van der Waals surface area contributed by atoms with Crippen LogP contribution in [0.3, 0.4) is 0 Å². The first kappa shape index (κ1) is 28.4. The minimum atomic E-state index is -1.93. The van der Waals surface area contributed by atoms with Gasteiger partial charge >= 0.3 is 5.97 Å². The number of carbonyl (C=O) groups is 2. The summed E-state index contributed by atoms with van der Waals surface area (Å²) in [6, 6.07) is 9.19. The van der Waals surface area contributed by atoms with Crippen LogP contribution in [-0.2, 0) is 35.4 Å². The van der Waals surface area contributed by atoms with E-state index in [-0.39, 0.29) is 31.6 Å². The highest BCUT2D eigenvalue weighted by atomic mass is 17.2. The molecule has 10 heteroatoms. The standard InChI is InChI=1S/C29H38O10/c1-15-18(31)12-29(35)25(39-37-13-17-9-7-6-8-10-17)23-27(5,24(34)22(33)21(15)26(29,3)4)19(32)11-20-28(23,14-36-20)38-16(2)30/h6-10,18-20,22-23,25,31-33,35H,11-14H2,1-5H3/t18-,19-,20+,22+,23-,25-,27+,28-,29+/m0/s1. The molecule has 4 aliphatic rings. The van der Waals surface area contributed by atoms with Gasteiger partial charge in [-0.2, -0.15) is 0 Å². The van der Waals surface area contributed by atoms with Crippen LogP contribution in [-0.4, -0.2) is 80.5 Å². The average molecular weight is 547 g/mol. The molecule has 0 unspecified atom stereocenters. The molecule has 3 aliphatic carbocycles. The maximum Gasteiger partial charge on any atom is 0.303 e. The van der Waals surface area contributed by atoms with Gasteiger partial charge in [0.25, 0.3) is 0 Å². The molecule has 0 spiro atoms. The second kappa shape index (κ2) is 9.44. The molecule has 4 N–H and O–H groups in total. The van der Waals surface area contributed by atoms with E-state index in [0.29, 0.717) is 5.57 Å². The van der Waals surface area contributed by atoms with Crippen molar-refractivity contribution in [1.29, 1.82) is 0 Å². The fourth-order valence-corrected chi connectivity index (χ4v) is 7.62. The van der Waals surface area contributed by atoms with E-state index in [1.54, 1.807) is 20.8 Å². The number of hydrogen-bond donors (Lipinski definition) is 4. The first-order valence-electron chi connectivity index (χ1n) is 13.4. The predicted molar refractivity (Wildman–Crippen MR) is 136 cm³/mol. The van der Waals surface area contributed by atoms with E-state index in [1.807, 2.05) is 30.3 Å². The number of Topliss-reactive ketones (excluding diaryl/α,β-unsaturated/α-hetero) is 1. The molecule has 1 saturated heterocycles. The quantitative estimate of drug-likeness (QED) is 0.184. The fourth-order valence-electron chi connectivity index (χ4n) is 7.62. The lowest BCUT2D eigenvalue weighted by atomic mass is 9.44. The van der Waals surface area contributed by atoms with Crippen LogP contribution in [0.15, 0.2) is 41.5 Å². The minimum Gasteiger partial charge on any atom is -0.454 e. The number of aliphatic hydroxyl groups is 4. The number of carbonyl (C=O) groups excluding carboxylic acids is 2. The van der Waals surface area contributed by atoms with Crippen LogP contribution < -0.4 is 0 Å². The molecule has 214 valence electrons. The molecule has 1 aromatic rings. The van der Waals surface area contributed by atoms with Gasteiger partial charge in [0, 0.05) is 25.2 Å². The van der Waals surface area contributed by atoms with E-state index in [2.05, 4.69) is 0 Å². The number of ether oxygens (including phenoxy) is 2. The van der Waals surface area contributed by atoms with Crippen molar-refractivity contribution in [2.45, 2.75) is 95.8 Å². The Kier molecular flexibility index (Phi) is 6.86. The summed E-state index contributed by atoms with van der Waals surface area (Å²) in [6.07, 6.45) is -6.67. The zero-order valence-electron chi connectivity index (χ0n) is 22.9. The van der Waals surface area contributed by atoms with E-state index in [4.69, 9.17) is 19.2 Å². The van der Waals surface area contributed by atoms with Gasteiger partial charge in [-0.1, -0.05) is 44.2 Å². The van der Waals surface area contributed by atoms with Crippen LogP contribution >= 0.6 is 0 Å². The summed E-state index contributed by atoms with van der Waals surface area (Å²) in [4.78, 5) is 38.5. The molecular formula is C29H38O10. The highest BCUT2D eigenvalue weighted by molar-refractivity contribution is 5.93. The first-order valence-corrected chi connectivity index (χ1v) is 13.4. The Balaban J connectivity index is 1.72. The molecule has 39 heavy (non-hydrogen) atoms. The van der Waals surface area contributed by atoms with Crippen LogP contribution in [0, 0.1) is 16.7 Å². The molecule has 1 aliphatic heterocycles. The molecule has 10 nitrogen and oxygen atoms in total. The number of benzene rings is 1. The summed E-state index contributed by atoms with van der Waals surface area (Å²) in [7, 11) is 0. The highest BCUT2D eigenvalue weighted by Crippen LogP contribution is 2.63. The van der Waals surface area contributed by atoms with Crippen molar-refractivity contribution in [2.24, 2.45) is 16.7 Å². The largest absolute Gasteiger partial charge is 0.454 e. The number of hydrogen-bond acceptors (Lipinski definition) is 10. The lowest BCUT2D eigenvalue weighted by molar-refractivity contribution is -0.420. The Morgan fingerprint density at radius 2 is 1.79 bits per heavy atom. The van der Waals surface area contributed by atoms with Gasteiger partial charge in [-0.3, -0.25) is 9.59 Å². The van der Waals surface area contributed by atoms with Crippen molar-refractivity contribution < 1.29 is 49.3 Å². The van der Waals surface area contributed by atoms with Gasteiger partial charge in [0.1, 0.15) is 30.5 Å². The van der Waals surface area contributed by atoms with Gasteiger partial charge < -0.3 is 29.9 Å². The maximum absolute atomic E-state index is 14.3. The molecule has 2 saturated carbocycles. The lowest BCUT2D eigenvalue weighted by Gasteiger charge is -2.67. The predicted octanol–water partition coefficient (Wildman–Crippen LogP) is 1.37. The topological polar surface area (TPSA) is 152 Å². The third kappa shape index (κ3) is 3.88. The summed E-state index contributed by atoms with van der Waals surface area (Å²) >= 11 is 0. The van der Waals surface area contributed by atoms with E-state index < -0.39 is 70.2 Å². The Bertz CT molecular complexity index is 1180. The van der Waals surface area contributed by atoms with Crippen LogP contribution in [0.4, 0.5) is 0 Å². The minimum absolute atomic E-state index is 0.00117. The second-order valence-electron chi connectivity index (χ2n) is 12.3. The molecule has 3 fully saturated rings. The highest BCUT2D eigenvalue weighted by Gasteiger charge is 2.77. The zero-order valence-corrected chi connectivity index (χ0v) is 22.9. The Morgan fingerprint density at radius 1 is 1.13 bits per heavy atom. The van der Waals surface area contributed by atoms with E-state index in [1.165, 1.54) is 13.8 Å². The number of fused-ring (bicyclic) bond motifs is 5. The first-order chi connectivity index (χ1) is 18.2. The van der Waals surface area contributed by atoms with Crippen LogP contribution in [0.25, 0.3) is 0 Å². The summed E-state index contributed by atoms with van der Waals surface area (Å²) in [5.74, 6) is -2.55. The zero-order chi connectivity index (χ0) is 28.5. The summed E-state index contributed by atoms with van der Waals surface area (Å²) in [5, 5.41) is 46.7. The Labute approximate surface area is 227 Å². The van der Waals surface area contributed by atoms with Crippen molar-refractivity contribution in [3.05, 3.63) is 47.0 Å². The van der Waals surface area contributed by atoms with Gasteiger partial charge in [0.05, 0.1) is 30.1 Å². The molecule has 2 bridgehead atoms. The second-order valence-corrected chi connectivity index (χ2v) is 12.3.